The summed E-state index contributed by atoms with van der Waals surface area (Å²) >= 11 is 1.39. The Kier molecular flexibility index (Phi) is 4.49. The van der Waals surface area contributed by atoms with E-state index in [1.165, 1.54) is 28.1 Å². The van der Waals surface area contributed by atoms with Crippen molar-refractivity contribution >= 4 is 21.4 Å². The number of likely N-dealkylation sites (N-methyl/N-ethyl adjacent to an activating group) is 1. The van der Waals surface area contributed by atoms with Crippen LogP contribution in [0.15, 0.2) is 17.1 Å². The maximum Gasteiger partial charge on any atom is 0.275 e. The molecule has 0 aliphatic rings. The van der Waals surface area contributed by atoms with Crippen LogP contribution < -0.4 is 10.9 Å². The molecule has 6 nitrogen and oxygen atoms in total. The van der Waals surface area contributed by atoms with E-state index in [2.05, 4.69) is 41.1 Å². The van der Waals surface area contributed by atoms with Gasteiger partial charge in [-0.2, -0.15) is 4.52 Å². The van der Waals surface area contributed by atoms with Crippen LogP contribution in [0.4, 0.5) is 5.13 Å². The van der Waals surface area contributed by atoms with Crippen molar-refractivity contribution < 1.29 is 0 Å². The molecule has 2 aromatic rings. The second-order valence-corrected chi connectivity index (χ2v) is 5.49. The number of aromatic nitrogens is 3. The third-order valence-electron chi connectivity index (χ3n) is 2.98. The molecule has 0 aromatic carbocycles. The molecule has 104 valence electrons. The largest absolute Gasteiger partial charge is 0.359 e. The van der Waals surface area contributed by atoms with Gasteiger partial charge in [-0.1, -0.05) is 18.3 Å². The van der Waals surface area contributed by atoms with Gasteiger partial charge in [-0.05, 0) is 20.4 Å². The van der Waals surface area contributed by atoms with E-state index in [4.69, 9.17) is 0 Å². The first-order chi connectivity index (χ1) is 9.11. The third kappa shape index (κ3) is 3.30. The smallest absolute Gasteiger partial charge is 0.275 e. The van der Waals surface area contributed by atoms with E-state index in [1.807, 2.05) is 0 Å². The monoisotopic (exact) mass is 281 g/mol. The molecule has 19 heavy (non-hydrogen) atoms. The Balaban J connectivity index is 1.99. The molecule has 7 heteroatoms. The van der Waals surface area contributed by atoms with Crippen LogP contribution in [0, 0.1) is 0 Å². The van der Waals surface area contributed by atoms with Crippen molar-refractivity contribution in [2.24, 2.45) is 0 Å². The number of nitrogens with one attached hydrogen (secondary N) is 1. The van der Waals surface area contributed by atoms with Gasteiger partial charge in [-0.25, -0.2) is 4.98 Å². The van der Waals surface area contributed by atoms with E-state index in [9.17, 15) is 4.79 Å². The fraction of sp³-hybridized carbons (Fsp3) is 0.583. The predicted molar refractivity (Wildman–Crippen MR) is 78.0 cm³/mol. The molecule has 0 radical (unpaired) electrons. The zero-order valence-electron chi connectivity index (χ0n) is 11.5. The summed E-state index contributed by atoms with van der Waals surface area (Å²) in [6.45, 7) is 9.31. The Morgan fingerprint density at radius 2 is 2.32 bits per heavy atom. The maximum absolute atomic E-state index is 11.5. The number of hydrogen-bond donors (Lipinski definition) is 1. The van der Waals surface area contributed by atoms with Gasteiger partial charge < -0.3 is 5.32 Å². The Morgan fingerprint density at radius 3 is 2.95 bits per heavy atom. The Hall–Kier alpha value is -1.47. The van der Waals surface area contributed by atoms with Gasteiger partial charge in [0, 0.05) is 31.4 Å². The highest BCUT2D eigenvalue weighted by Gasteiger charge is 2.08. The van der Waals surface area contributed by atoms with Crippen molar-refractivity contribution in [3.05, 3.63) is 22.6 Å². The minimum atomic E-state index is -0.147. The van der Waals surface area contributed by atoms with Gasteiger partial charge in [-0.15, -0.1) is 5.10 Å². The molecular formula is C12H19N5OS. The lowest BCUT2D eigenvalue weighted by Gasteiger charge is -2.24. The predicted octanol–water partition coefficient (Wildman–Crippen LogP) is 1.29. The molecule has 1 N–H and O–H groups in total. The molecule has 2 rings (SSSR count). The standard InChI is InChI=1S/C12H19N5OS/c1-4-16(9(2)3)8-7-13-11-15-17-10(18)5-6-14-12(17)19-11/h5-6,9H,4,7-8H2,1-3H3,(H,13,15). The normalized spacial score (nSPS) is 11.6. The number of rotatable bonds is 6. The summed E-state index contributed by atoms with van der Waals surface area (Å²) in [6, 6.07) is 1.94. The molecule has 0 saturated heterocycles. The van der Waals surface area contributed by atoms with E-state index in [1.54, 1.807) is 0 Å². The van der Waals surface area contributed by atoms with Crippen molar-refractivity contribution in [1.29, 1.82) is 0 Å². The minimum absolute atomic E-state index is 0.147. The lowest BCUT2D eigenvalue weighted by atomic mass is 10.3. The van der Waals surface area contributed by atoms with Gasteiger partial charge in [0.05, 0.1) is 0 Å². The molecule has 0 atom stereocenters. The highest BCUT2D eigenvalue weighted by molar-refractivity contribution is 7.20. The summed E-state index contributed by atoms with van der Waals surface area (Å²) in [5.74, 6) is 0. The molecule has 0 fully saturated rings. The fourth-order valence-electron chi connectivity index (χ4n) is 1.90. The second kappa shape index (κ2) is 6.12. The molecule has 0 aliphatic heterocycles. The lowest BCUT2D eigenvalue weighted by molar-refractivity contribution is 0.243. The average Bonchev–Trinajstić information content (AvgIpc) is 2.78. The van der Waals surface area contributed by atoms with Crippen LogP contribution in [0.2, 0.25) is 0 Å². The summed E-state index contributed by atoms with van der Waals surface area (Å²) in [5.41, 5.74) is -0.147. The first kappa shape index (κ1) is 14.0. The van der Waals surface area contributed by atoms with E-state index in [0.29, 0.717) is 11.0 Å². The highest BCUT2D eigenvalue weighted by atomic mass is 32.1. The van der Waals surface area contributed by atoms with Crippen molar-refractivity contribution in [2.75, 3.05) is 25.0 Å². The first-order valence-corrected chi connectivity index (χ1v) is 7.26. The van der Waals surface area contributed by atoms with Gasteiger partial charge in [-0.3, -0.25) is 9.69 Å². The second-order valence-electron chi connectivity index (χ2n) is 4.53. The number of anilines is 1. The van der Waals surface area contributed by atoms with Crippen LogP contribution in [0.5, 0.6) is 0 Å². The zero-order chi connectivity index (χ0) is 13.8. The van der Waals surface area contributed by atoms with E-state index in [0.717, 1.165) is 24.8 Å². The Bertz CT molecular complexity index is 591. The topological polar surface area (TPSA) is 62.5 Å². The molecule has 2 heterocycles. The van der Waals surface area contributed by atoms with Crippen molar-refractivity contribution in [2.45, 2.75) is 26.8 Å². The summed E-state index contributed by atoms with van der Waals surface area (Å²) < 4.78 is 1.33. The third-order valence-corrected chi connectivity index (χ3v) is 3.86. The van der Waals surface area contributed by atoms with Crippen molar-refractivity contribution in [3.8, 4) is 0 Å². The summed E-state index contributed by atoms with van der Waals surface area (Å²) in [4.78, 5) is 18.6. The number of hydrogen-bond acceptors (Lipinski definition) is 6. The molecule has 2 aromatic heterocycles. The molecular weight excluding hydrogens is 262 g/mol. The maximum atomic E-state index is 11.5. The van der Waals surface area contributed by atoms with Crippen molar-refractivity contribution in [1.82, 2.24) is 19.5 Å². The van der Waals surface area contributed by atoms with Crippen molar-refractivity contribution in [3.63, 3.8) is 0 Å². The molecule has 0 amide bonds. The Labute approximate surface area is 116 Å². The highest BCUT2D eigenvalue weighted by Crippen LogP contribution is 2.15. The molecule has 0 aliphatic carbocycles. The molecule has 0 saturated carbocycles. The van der Waals surface area contributed by atoms with E-state index >= 15 is 0 Å². The number of fused-ring (bicyclic) bond motifs is 1. The van der Waals surface area contributed by atoms with Crippen LogP contribution in [-0.2, 0) is 0 Å². The van der Waals surface area contributed by atoms with Crippen LogP contribution in [0.1, 0.15) is 20.8 Å². The lowest BCUT2D eigenvalue weighted by Crippen LogP contribution is -2.34. The first-order valence-electron chi connectivity index (χ1n) is 6.44. The summed E-state index contributed by atoms with van der Waals surface area (Å²) in [5, 5.41) is 8.19. The van der Waals surface area contributed by atoms with Crippen LogP contribution >= 0.6 is 11.3 Å². The van der Waals surface area contributed by atoms with Gasteiger partial charge in [0.1, 0.15) is 0 Å². The van der Waals surface area contributed by atoms with Gasteiger partial charge in [0.15, 0.2) is 0 Å². The van der Waals surface area contributed by atoms with E-state index < -0.39 is 0 Å². The van der Waals surface area contributed by atoms with Crippen LogP contribution in [-0.4, -0.2) is 45.2 Å². The quantitative estimate of drug-likeness (QED) is 0.864. The van der Waals surface area contributed by atoms with Crippen LogP contribution in [0.3, 0.4) is 0 Å². The summed E-state index contributed by atoms with van der Waals surface area (Å²) in [7, 11) is 0. The zero-order valence-corrected chi connectivity index (χ0v) is 12.3. The van der Waals surface area contributed by atoms with Gasteiger partial charge in [0.25, 0.3) is 5.56 Å². The van der Waals surface area contributed by atoms with Crippen LogP contribution in [0.25, 0.3) is 4.96 Å². The molecule has 0 unspecified atom stereocenters. The fourth-order valence-corrected chi connectivity index (χ4v) is 2.70. The minimum Gasteiger partial charge on any atom is -0.359 e. The number of nitrogens with zero attached hydrogens (tertiary/aromatic N) is 4. The molecule has 0 spiro atoms. The average molecular weight is 281 g/mol. The molecule has 0 bridgehead atoms. The van der Waals surface area contributed by atoms with E-state index in [-0.39, 0.29) is 5.56 Å². The van der Waals surface area contributed by atoms with Gasteiger partial charge >= 0.3 is 0 Å². The van der Waals surface area contributed by atoms with Gasteiger partial charge in [0.2, 0.25) is 10.1 Å². The Morgan fingerprint density at radius 1 is 1.53 bits per heavy atom. The SMILES string of the molecule is CCN(CCNc1nn2c(=O)ccnc2s1)C(C)C. The summed E-state index contributed by atoms with van der Waals surface area (Å²) in [6.07, 6.45) is 1.51.